The summed E-state index contributed by atoms with van der Waals surface area (Å²) in [6, 6.07) is 3.42. The lowest BCUT2D eigenvalue weighted by molar-refractivity contribution is 0.0437. The summed E-state index contributed by atoms with van der Waals surface area (Å²) in [6.07, 6.45) is 5.12. The third-order valence-electron chi connectivity index (χ3n) is 3.93. The molecular weight excluding hydrogens is 284 g/mol. The van der Waals surface area contributed by atoms with Gasteiger partial charge in [-0.05, 0) is 48.7 Å². The van der Waals surface area contributed by atoms with Crippen LogP contribution in [-0.4, -0.2) is 59.8 Å². The zero-order valence-electron chi connectivity index (χ0n) is 12.4. The van der Waals surface area contributed by atoms with Gasteiger partial charge in [0.15, 0.2) is 0 Å². The molecule has 1 aliphatic rings. The lowest BCUT2D eigenvalue weighted by atomic mass is 9.98. The quantitative estimate of drug-likeness (QED) is 0.864. The van der Waals surface area contributed by atoms with E-state index in [4.69, 9.17) is 0 Å². The van der Waals surface area contributed by atoms with Gasteiger partial charge in [-0.1, -0.05) is 0 Å². The number of pyridine rings is 1. The molecule has 8 heteroatoms. The Kier molecular flexibility index (Phi) is 3.84. The van der Waals surface area contributed by atoms with Gasteiger partial charge in [-0.2, -0.15) is 4.68 Å². The summed E-state index contributed by atoms with van der Waals surface area (Å²) in [5.41, 5.74) is 0.394. The Balaban J connectivity index is 1.72. The minimum Gasteiger partial charge on any atom is -0.390 e. The number of aromatic nitrogens is 5. The molecule has 1 N–H and O–H groups in total. The van der Waals surface area contributed by atoms with E-state index in [0.717, 1.165) is 6.42 Å². The van der Waals surface area contributed by atoms with E-state index in [1.165, 1.54) is 11.0 Å². The number of amides is 1. The molecule has 116 valence electrons. The first-order valence-electron chi connectivity index (χ1n) is 7.26. The number of carbonyl (C=O) groups excluding carboxylic acids is 1. The van der Waals surface area contributed by atoms with Gasteiger partial charge in [0.25, 0.3) is 5.91 Å². The molecule has 22 heavy (non-hydrogen) atoms. The molecule has 1 saturated heterocycles. The van der Waals surface area contributed by atoms with Gasteiger partial charge in [0.2, 0.25) is 0 Å². The highest BCUT2D eigenvalue weighted by Crippen LogP contribution is 2.22. The highest BCUT2D eigenvalue weighted by Gasteiger charge is 2.27. The lowest BCUT2D eigenvalue weighted by Crippen LogP contribution is -2.34. The van der Waals surface area contributed by atoms with Crippen LogP contribution in [0.4, 0.5) is 0 Å². The van der Waals surface area contributed by atoms with Crippen LogP contribution in [0.1, 0.15) is 36.7 Å². The summed E-state index contributed by atoms with van der Waals surface area (Å²) < 4.78 is 1.48. The molecule has 0 saturated carbocycles. The van der Waals surface area contributed by atoms with Gasteiger partial charge in [-0.25, -0.2) is 4.98 Å². The van der Waals surface area contributed by atoms with Gasteiger partial charge >= 0.3 is 0 Å². The molecule has 3 heterocycles. The molecule has 3 rings (SSSR count). The number of hydrogen-bond donors (Lipinski definition) is 1. The Hall–Kier alpha value is -2.35. The van der Waals surface area contributed by atoms with Crippen LogP contribution in [0.25, 0.3) is 5.69 Å². The predicted molar refractivity (Wildman–Crippen MR) is 77.3 cm³/mol. The number of tetrazole rings is 1. The Labute approximate surface area is 127 Å². The highest BCUT2D eigenvalue weighted by molar-refractivity contribution is 5.92. The smallest absolute Gasteiger partial charge is 0.272 e. The Morgan fingerprint density at radius 1 is 1.32 bits per heavy atom. The Morgan fingerprint density at radius 3 is 2.86 bits per heavy atom. The molecule has 0 aliphatic carbocycles. The second-order valence-electron chi connectivity index (χ2n) is 5.80. The van der Waals surface area contributed by atoms with Gasteiger partial charge in [-0.3, -0.25) is 4.79 Å². The van der Waals surface area contributed by atoms with Crippen molar-refractivity contribution in [3.05, 3.63) is 30.4 Å². The lowest BCUT2D eigenvalue weighted by Gasteiger charge is -2.22. The average Bonchev–Trinajstić information content (AvgIpc) is 2.98. The second kappa shape index (κ2) is 5.80. The fourth-order valence-corrected chi connectivity index (χ4v) is 2.56. The molecule has 1 aliphatic heterocycles. The highest BCUT2D eigenvalue weighted by atomic mass is 16.3. The number of aliphatic hydroxyl groups is 1. The molecule has 1 unspecified atom stereocenters. The summed E-state index contributed by atoms with van der Waals surface area (Å²) in [5.74, 6) is -0.110. The minimum absolute atomic E-state index is 0.110. The van der Waals surface area contributed by atoms with Crippen molar-refractivity contribution in [2.45, 2.75) is 31.8 Å². The normalized spacial score (nSPS) is 22.4. The topological polar surface area (TPSA) is 97.0 Å². The fourth-order valence-electron chi connectivity index (χ4n) is 2.56. The summed E-state index contributed by atoms with van der Waals surface area (Å²) in [4.78, 5) is 18.5. The van der Waals surface area contributed by atoms with Crippen LogP contribution in [0.3, 0.4) is 0 Å². The van der Waals surface area contributed by atoms with Crippen molar-refractivity contribution < 1.29 is 9.90 Å². The van der Waals surface area contributed by atoms with Crippen LogP contribution >= 0.6 is 0 Å². The number of rotatable bonds is 2. The van der Waals surface area contributed by atoms with Crippen LogP contribution in [0.15, 0.2) is 24.7 Å². The summed E-state index contributed by atoms with van der Waals surface area (Å²) >= 11 is 0. The molecule has 0 bridgehead atoms. The van der Waals surface area contributed by atoms with Crippen LogP contribution < -0.4 is 0 Å². The van der Waals surface area contributed by atoms with Crippen LogP contribution in [-0.2, 0) is 0 Å². The largest absolute Gasteiger partial charge is 0.390 e. The molecule has 1 fully saturated rings. The Morgan fingerprint density at radius 2 is 2.18 bits per heavy atom. The van der Waals surface area contributed by atoms with E-state index in [2.05, 4.69) is 20.5 Å². The molecule has 0 radical (unpaired) electrons. The summed E-state index contributed by atoms with van der Waals surface area (Å²) in [5, 5.41) is 21.0. The van der Waals surface area contributed by atoms with Crippen LogP contribution in [0, 0.1) is 0 Å². The molecule has 0 spiro atoms. The summed E-state index contributed by atoms with van der Waals surface area (Å²) in [7, 11) is 0. The molecule has 1 atom stereocenters. The van der Waals surface area contributed by atoms with E-state index in [0.29, 0.717) is 37.3 Å². The van der Waals surface area contributed by atoms with Crippen molar-refractivity contribution in [1.29, 1.82) is 0 Å². The van der Waals surface area contributed by atoms with Crippen molar-refractivity contribution in [2.75, 3.05) is 13.1 Å². The van der Waals surface area contributed by atoms with E-state index >= 15 is 0 Å². The zero-order chi connectivity index (χ0) is 15.6. The standard InChI is InChI=1S/C14H18N6O2/c1-14(22)5-2-7-19(8-6-14)13(21)12-4-3-11(9-15-12)20-10-16-17-18-20/h3-4,9-10,22H,2,5-8H2,1H3. The van der Waals surface area contributed by atoms with Crippen molar-refractivity contribution in [3.63, 3.8) is 0 Å². The van der Waals surface area contributed by atoms with E-state index in [-0.39, 0.29) is 5.91 Å². The maximum absolute atomic E-state index is 12.5. The summed E-state index contributed by atoms with van der Waals surface area (Å²) in [6.45, 7) is 3.01. The monoisotopic (exact) mass is 302 g/mol. The van der Waals surface area contributed by atoms with Crippen molar-refractivity contribution >= 4 is 5.91 Å². The molecular formula is C14H18N6O2. The van der Waals surface area contributed by atoms with E-state index in [1.807, 2.05) is 6.92 Å². The molecule has 2 aromatic rings. The number of carbonyl (C=O) groups is 1. The second-order valence-corrected chi connectivity index (χ2v) is 5.80. The predicted octanol–water partition coefficient (Wildman–Crippen LogP) is 0.434. The first kappa shape index (κ1) is 14.6. The van der Waals surface area contributed by atoms with Crippen LogP contribution in [0.5, 0.6) is 0 Å². The van der Waals surface area contributed by atoms with Gasteiger partial charge in [0.1, 0.15) is 12.0 Å². The van der Waals surface area contributed by atoms with Gasteiger partial charge < -0.3 is 10.0 Å². The first-order chi connectivity index (χ1) is 10.6. The third-order valence-corrected chi connectivity index (χ3v) is 3.93. The fraction of sp³-hybridized carbons (Fsp3) is 0.500. The van der Waals surface area contributed by atoms with Crippen molar-refractivity contribution in [1.82, 2.24) is 30.1 Å². The molecule has 0 aromatic carbocycles. The maximum atomic E-state index is 12.5. The van der Waals surface area contributed by atoms with Crippen LogP contribution in [0.2, 0.25) is 0 Å². The maximum Gasteiger partial charge on any atom is 0.272 e. The number of nitrogens with zero attached hydrogens (tertiary/aromatic N) is 6. The van der Waals surface area contributed by atoms with Crippen molar-refractivity contribution in [3.8, 4) is 5.69 Å². The van der Waals surface area contributed by atoms with Gasteiger partial charge in [-0.15, -0.1) is 5.10 Å². The Bertz CT molecular complexity index is 638. The minimum atomic E-state index is -0.688. The number of hydrogen-bond acceptors (Lipinski definition) is 6. The van der Waals surface area contributed by atoms with Crippen molar-refractivity contribution in [2.24, 2.45) is 0 Å². The van der Waals surface area contributed by atoms with E-state index in [1.54, 1.807) is 23.2 Å². The van der Waals surface area contributed by atoms with Gasteiger partial charge in [0, 0.05) is 13.1 Å². The average molecular weight is 302 g/mol. The van der Waals surface area contributed by atoms with E-state index in [9.17, 15) is 9.90 Å². The molecule has 8 nitrogen and oxygen atoms in total. The number of likely N-dealkylation sites (tertiary alicyclic amines) is 1. The van der Waals surface area contributed by atoms with E-state index < -0.39 is 5.60 Å². The molecule has 1 amide bonds. The molecule has 2 aromatic heterocycles. The SMILES string of the molecule is CC1(O)CCCN(C(=O)c2ccc(-n3cnnn3)cn2)CC1. The third kappa shape index (κ3) is 3.11. The zero-order valence-corrected chi connectivity index (χ0v) is 12.4. The van der Waals surface area contributed by atoms with Gasteiger partial charge in [0.05, 0.1) is 17.5 Å². The first-order valence-corrected chi connectivity index (χ1v) is 7.26.